The highest BCUT2D eigenvalue weighted by Gasteiger charge is 2.48. The maximum Gasteiger partial charge on any atom is 0.335 e. The predicted octanol–water partition coefficient (Wildman–Crippen LogP) is -1.45. The molecule has 0 spiro atoms. The van der Waals surface area contributed by atoms with Crippen LogP contribution in [-0.2, 0) is 19.1 Å². The Bertz CT molecular complexity index is 685. The zero-order valence-corrected chi connectivity index (χ0v) is 12.6. The highest BCUT2D eigenvalue weighted by Crippen LogP contribution is 2.26. The number of carbonyl (C=O) groups excluding carboxylic acids is 1. The maximum atomic E-state index is 11.7. The Morgan fingerprint density at radius 2 is 1.72 bits per heavy atom. The van der Waals surface area contributed by atoms with Crippen LogP contribution in [0.5, 0.6) is 11.5 Å². The summed E-state index contributed by atoms with van der Waals surface area (Å²) in [5.41, 5.74) is 0.344. The summed E-state index contributed by atoms with van der Waals surface area (Å²) < 4.78 is 9.52. The molecule has 10 nitrogen and oxygen atoms in total. The summed E-state index contributed by atoms with van der Waals surface area (Å²) in [6.45, 7) is 0. The maximum absolute atomic E-state index is 11.7. The number of carbonyl (C=O) groups is 2. The Labute approximate surface area is 140 Å². The third kappa shape index (κ3) is 4.25. The van der Waals surface area contributed by atoms with Crippen molar-refractivity contribution in [2.75, 3.05) is 0 Å². The molecule has 1 aromatic carbocycles. The van der Waals surface area contributed by atoms with E-state index < -0.39 is 48.4 Å². The lowest BCUT2D eigenvalue weighted by Gasteiger charge is -2.37. The van der Waals surface area contributed by atoms with Gasteiger partial charge in [0.15, 0.2) is 17.6 Å². The van der Waals surface area contributed by atoms with Gasteiger partial charge in [-0.25, -0.2) is 9.59 Å². The Morgan fingerprint density at radius 3 is 2.32 bits per heavy atom. The highest BCUT2D eigenvalue weighted by atomic mass is 16.7. The predicted molar refractivity (Wildman–Crippen MR) is 79.2 cm³/mol. The van der Waals surface area contributed by atoms with Crippen LogP contribution in [-0.4, -0.2) is 73.3 Å². The van der Waals surface area contributed by atoms with E-state index in [1.54, 1.807) is 0 Å². The number of aromatic hydroxyl groups is 2. The van der Waals surface area contributed by atoms with Crippen molar-refractivity contribution >= 4 is 18.0 Å². The lowest BCUT2D eigenvalue weighted by Crippen LogP contribution is -2.60. The molecule has 2 rings (SSSR count). The molecule has 0 radical (unpaired) electrons. The highest BCUT2D eigenvalue weighted by molar-refractivity contribution is 5.87. The van der Waals surface area contributed by atoms with E-state index in [4.69, 9.17) is 14.6 Å². The van der Waals surface area contributed by atoms with E-state index in [1.165, 1.54) is 24.3 Å². The van der Waals surface area contributed by atoms with Gasteiger partial charge in [-0.05, 0) is 23.8 Å². The van der Waals surface area contributed by atoms with Gasteiger partial charge in [0.05, 0.1) is 0 Å². The number of phenolic OH excluding ortho intramolecular Hbond substituents is 2. The van der Waals surface area contributed by atoms with E-state index >= 15 is 0 Å². The number of hydrogen-bond acceptors (Lipinski definition) is 9. The third-order valence-corrected chi connectivity index (χ3v) is 3.46. The average molecular weight is 356 g/mol. The number of rotatable bonds is 4. The van der Waals surface area contributed by atoms with E-state index in [9.17, 15) is 35.1 Å². The number of ether oxygens (including phenoxy) is 2. The smallest absolute Gasteiger partial charge is 0.335 e. The minimum absolute atomic E-state index is 0.342. The first-order valence-corrected chi connectivity index (χ1v) is 7.04. The van der Waals surface area contributed by atoms with Crippen LogP contribution in [0.3, 0.4) is 0 Å². The van der Waals surface area contributed by atoms with E-state index in [-0.39, 0.29) is 5.75 Å². The Kier molecular flexibility index (Phi) is 5.59. The molecule has 6 N–H and O–H groups in total. The average Bonchev–Trinajstić information content (AvgIpc) is 2.56. The van der Waals surface area contributed by atoms with Crippen molar-refractivity contribution in [3.05, 3.63) is 29.8 Å². The second kappa shape index (κ2) is 7.49. The van der Waals surface area contributed by atoms with Crippen molar-refractivity contribution in [1.29, 1.82) is 0 Å². The fraction of sp³-hybridized carbons (Fsp3) is 0.333. The number of hydrogen-bond donors (Lipinski definition) is 6. The molecule has 1 saturated heterocycles. The summed E-state index contributed by atoms with van der Waals surface area (Å²) in [6.07, 6.45) is -7.19. The number of phenols is 2. The summed E-state index contributed by atoms with van der Waals surface area (Å²) in [4.78, 5) is 22.7. The molecule has 1 unspecified atom stereocenters. The summed E-state index contributed by atoms with van der Waals surface area (Å²) in [6, 6.07) is 3.76. The standard InChI is InChI=1S/C15H16O10/c16-7-3-1-6(5-8(7)17)2-4-9(18)24-15-12(21)10(19)11(20)13(25-15)14(22)23/h1-5,10-13,15-17,19-21H,(H,22,23)/t10-,11-,12+,13-,15?/m0/s1. The molecular weight excluding hydrogens is 340 g/mol. The van der Waals surface area contributed by atoms with Crippen molar-refractivity contribution in [3.8, 4) is 11.5 Å². The van der Waals surface area contributed by atoms with Crippen molar-refractivity contribution in [2.45, 2.75) is 30.7 Å². The van der Waals surface area contributed by atoms with Gasteiger partial charge in [0.25, 0.3) is 0 Å². The number of esters is 1. The molecule has 1 aromatic rings. The molecule has 0 aromatic heterocycles. The van der Waals surface area contributed by atoms with Crippen LogP contribution in [0, 0.1) is 0 Å². The quantitative estimate of drug-likeness (QED) is 0.213. The minimum atomic E-state index is -1.89. The Morgan fingerprint density at radius 1 is 1.04 bits per heavy atom. The van der Waals surface area contributed by atoms with Gasteiger partial charge < -0.3 is 40.1 Å². The van der Waals surface area contributed by atoms with Crippen LogP contribution < -0.4 is 0 Å². The van der Waals surface area contributed by atoms with Crippen LogP contribution in [0.25, 0.3) is 6.08 Å². The molecule has 5 atom stereocenters. The first-order chi connectivity index (χ1) is 11.7. The summed E-state index contributed by atoms with van der Waals surface area (Å²) in [5.74, 6) is -3.38. The van der Waals surface area contributed by atoms with Crippen LogP contribution in [0.15, 0.2) is 24.3 Å². The van der Waals surface area contributed by atoms with Crippen molar-refractivity contribution in [2.24, 2.45) is 0 Å². The summed E-state index contributed by atoms with van der Waals surface area (Å²) in [7, 11) is 0. The van der Waals surface area contributed by atoms with Gasteiger partial charge in [-0.2, -0.15) is 0 Å². The van der Waals surface area contributed by atoms with Gasteiger partial charge in [0.1, 0.15) is 18.3 Å². The first-order valence-electron chi connectivity index (χ1n) is 7.04. The normalized spacial score (nSPS) is 29.5. The molecule has 1 aliphatic rings. The number of carboxylic acid groups (broad SMARTS) is 1. The molecule has 25 heavy (non-hydrogen) atoms. The van der Waals surface area contributed by atoms with Crippen LogP contribution in [0.1, 0.15) is 5.56 Å². The van der Waals surface area contributed by atoms with Crippen molar-refractivity contribution in [1.82, 2.24) is 0 Å². The van der Waals surface area contributed by atoms with Gasteiger partial charge in [0.2, 0.25) is 6.29 Å². The van der Waals surface area contributed by atoms with Crippen molar-refractivity contribution < 1.29 is 49.7 Å². The second-order valence-electron chi connectivity index (χ2n) is 5.25. The SMILES string of the molecule is O=C(C=Cc1ccc(O)c(O)c1)OC1O[C@H](C(=O)O)[C@@H](O)[C@H](O)[C@H]1O. The number of carboxylic acids is 1. The van der Waals surface area contributed by atoms with Gasteiger partial charge in [0, 0.05) is 6.08 Å². The molecular formula is C15H16O10. The Hall–Kier alpha value is -2.66. The van der Waals surface area contributed by atoms with E-state index in [0.29, 0.717) is 5.56 Å². The zero-order valence-electron chi connectivity index (χ0n) is 12.6. The van der Waals surface area contributed by atoms with Gasteiger partial charge in [-0.1, -0.05) is 6.07 Å². The van der Waals surface area contributed by atoms with Crippen LogP contribution >= 0.6 is 0 Å². The molecule has 1 aliphatic heterocycles. The topological polar surface area (TPSA) is 174 Å². The van der Waals surface area contributed by atoms with Gasteiger partial charge in [-0.3, -0.25) is 0 Å². The number of benzene rings is 1. The van der Waals surface area contributed by atoms with Crippen LogP contribution in [0.4, 0.5) is 0 Å². The lowest BCUT2D eigenvalue weighted by atomic mass is 9.99. The number of aliphatic carboxylic acids is 1. The van der Waals surface area contributed by atoms with Crippen LogP contribution in [0.2, 0.25) is 0 Å². The lowest BCUT2D eigenvalue weighted by molar-refractivity contribution is -0.284. The van der Waals surface area contributed by atoms with Gasteiger partial charge in [-0.15, -0.1) is 0 Å². The second-order valence-corrected chi connectivity index (χ2v) is 5.25. The molecule has 0 bridgehead atoms. The molecule has 0 amide bonds. The number of aliphatic hydroxyl groups excluding tert-OH is 3. The molecule has 136 valence electrons. The number of aliphatic hydroxyl groups is 3. The summed E-state index contributed by atoms with van der Waals surface area (Å²) in [5, 5.41) is 56.2. The molecule has 1 fully saturated rings. The molecule has 1 heterocycles. The summed E-state index contributed by atoms with van der Waals surface area (Å²) >= 11 is 0. The monoisotopic (exact) mass is 356 g/mol. The Balaban J connectivity index is 2.04. The fourth-order valence-corrected chi connectivity index (χ4v) is 2.11. The first kappa shape index (κ1) is 18.7. The largest absolute Gasteiger partial charge is 0.504 e. The molecule has 0 aliphatic carbocycles. The molecule has 10 heteroatoms. The third-order valence-electron chi connectivity index (χ3n) is 3.46. The van der Waals surface area contributed by atoms with E-state index in [1.807, 2.05) is 0 Å². The minimum Gasteiger partial charge on any atom is -0.504 e. The van der Waals surface area contributed by atoms with E-state index in [2.05, 4.69) is 0 Å². The van der Waals surface area contributed by atoms with E-state index in [0.717, 1.165) is 6.08 Å². The molecule has 0 saturated carbocycles. The fourth-order valence-electron chi connectivity index (χ4n) is 2.11. The zero-order chi connectivity index (χ0) is 18.7. The van der Waals surface area contributed by atoms with Gasteiger partial charge >= 0.3 is 11.9 Å². The van der Waals surface area contributed by atoms with Crippen molar-refractivity contribution in [3.63, 3.8) is 0 Å².